The van der Waals surface area contributed by atoms with E-state index in [0.29, 0.717) is 0 Å². The number of thioether (sulfide) groups is 1. The van der Waals surface area contributed by atoms with Gasteiger partial charge in [-0.15, -0.1) is 0 Å². The summed E-state index contributed by atoms with van der Waals surface area (Å²) in [5.41, 5.74) is 7.44. The van der Waals surface area contributed by atoms with Crippen molar-refractivity contribution in [3.8, 4) is 0 Å². The lowest BCUT2D eigenvalue weighted by molar-refractivity contribution is -0.122. The Morgan fingerprint density at radius 3 is 2.58 bits per heavy atom. The van der Waals surface area contributed by atoms with Crippen molar-refractivity contribution in [1.29, 1.82) is 0 Å². The van der Waals surface area contributed by atoms with Crippen LogP contribution < -0.4 is 16.4 Å². The summed E-state index contributed by atoms with van der Waals surface area (Å²) < 4.78 is 0. The first-order valence-electron chi connectivity index (χ1n) is 9.38. The van der Waals surface area contributed by atoms with Gasteiger partial charge in [0.2, 0.25) is 5.91 Å². The number of carbonyl (C=O) groups excluding carboxylic acids is 2. The molecule has 0 unspecified atom stereocenters. The molecule has 4 N–H and O–H groups in total. The minimum absolute atomic E-state index is 0.158. The van der Waals surface area contributed by atoms with E-state index in [-0.39, 0.29) is 23.9 Å². The van der Waals surface area contributed by atoms with Crippen LogP contribution >= 0.6 is 11.8 Å². The highest BCUT2D eigenvalue weighted by Crippen LogP contribution is 2.25. The Morgan fingerprint density at radius 1 is 1.15 bits per heavy atom. The Kier molecular flexibility index (Phi) is 6.80. The number of carbonyl (C=O) groups is 2. The smallest absolute Gasteiger partial charge is 0.319 e. The predicted octanol–water partition coefficient (Wildman–Crippen LogP) is 2.05. The maximum Gasteiger partial charge on any atom is 0.319 e. The molecule has 26 heavy (non-hydrogen) atoms. The summed E-state index contributed by atoms with van der Waals surface area (Å²) in [6.07, 6.45) is 3.50. The van der Waals surface area contributed by atoms with E-state index in [2.05, 4.69) is 27.7 Å². The molecular weight excluding hydrogens is 348 g/mol. The van der Waals surface area contributed by atoms with Crippen LogP contribution in [0.5, 0.6) is 0 Å². The fourth-order valence-corrected chi connectivity index (χ4v) is 4.65. The molecule has 0 spiro atoms. The average molecular weight is 377 g/mol. The van der Waals surface area contributed by atoms with Crippen LogP contribution in [-0.2, 0) is 11.2 Å². The molecule has 1 heterocycles. The van der Waals surface area contributed by atoms with Crippen molar-refractivity contribution in [2.24, 2.45) is 11.7 Å². The summed E-state index contributed by atoms with van der Waals surface area (Å²) in [6, 6.07) is 7.56. The first kappa shape index (κ1) is 19.0. The van der Waals surface area contributed by atoms with Crippen LogP contribution in [0.15, 0.2) is 24.3 Å². The number of anilines is 1. The summed E-state index contributed by atoms with van der Waals surface area (Å²) in [6.45, 7) is 3.44. The second kappa shape index (κ2) is 9.28. The number of hydrogen-bond acceptors (Lipinski definition) is 4. The van der Waals surface area contributed by atoms with Crippen LogP contribution in [0, 0.1) is 5.92 Å². The van der Waals surface area contributed by atoms with E-state index < -0.39 is 0 Å². The minimum atomic E-state index is -0.329. The predicted molar refractivity (Wildman–Crippen MR) is 106 cm³/mol. The third kappa shape index (κ3) is 5.38. The van der Waals surface area contributed by atoms with Crippen LogP contribution in [0.4, 0.5) is 10.5 Å². The monoisotopic (exact) mass is 376 g/mol. The molecule has 3 rings (SSSR count). The lowest BCUT2D eigenvalue weighted by Crippen LogP contribution is -2.44. The van der Waals surface area contributed by atoms with Gasteiger partial charge < -0.3 is 21.3 Å². The lowest BCUT2D eigenvalue weighted by Gasteiger charge is -2.26. The van der Waals surface area contributed by atoms with E-state index in [0.717, 1.165) is 37.9 Å². The zero-order valence-corrected chi connectivity index (χ0v) is 15.9. The molecule has 1 saturated heterocycles. The molecule has 142 valence electrons. The Morgan fingerprint density at radius 2 is 1.88 bits per heavy atom. The van der Waals surface area contributed by atoms with E-state index in [4.69, 9.17) is 5.73 Å². The van der Waals surface area contributed by atoms with Crippen LogP contribution in [-0.4, -0.2) is 54.0 Å². The largest absolute Gasteiger partial charge is 0.369 e. The molecule has 1 aromatic carbocycles. The van der Waals surface area contributed by atoms with E-state index in [9.17, 15) is 9.59 Å². The van der Waals surface area contributed by atoms with Crippen molar-refractivity contribution < 1.29 is 9.59 Å². The Labute approximate surface area is 159 Å². The van der Waals surface area contributed by atoms with Gasteiger partial charge in [-0.25, -0.2) is 4.79 Å². The van der Waals surface area contributed by atoms with E-state index in [1.807, 2.05) is 23.9 Å². The highest BCUT2D eigenvalue weighted by molar-refractivity contribution is 7.99. The van der Waals surface area contributed by atoms with Crippen LogP contribution in [0.2, 0.25) is 0 Å². The third-order valence-electron chi connectivity index (χ3n) is 5.23. The van der Waals surface area contributed by atoms with Gasteiger partial charge in [-0.3, -0.25) is 4.79 Å². The maximum absolute atomic E-state index is 12.2. The molecule has 1 aliphatic carbocycles. The van der Waals surface area contributed by atoms with Gasteiger partial charge in [0, 0.05) is 42.9 Å². The normalized spacial score (nSPS) is 23.5. The second-order valence-electron chi connectivity index (χ2n) is 7.05. The molecular formula is C19H28N4O2S. The number of nitrogens with two attached hydrogens (primary N) is 1. The SMILES string of the molecule is NC(=O)[C@@H]1CCC[C@H]1NC(=O)Nc1ccc(CCN2CCSCC2)cc1. The van der Waals surface area contributed by atoms with E-state index >= 15 is 0 Å². The molecule has 2 fully saturated rings. The highest BCUT2D eigenvalue weighted by Gasteiger charge is 2.32. The van der Waals surface area contributed by atoms with Crippen molar-refractivity contribution >= 4 is 29.4 Å². The number of primary amides is 1. The maximum atomic E-state index is 12.2. The Balaban J connectivity index is 1.44. The van der Waals surface area contributed by atoms with Gasteiger partial charge in [0.25, 0.3) is 0 Å². The summed E-state index contributed by atoms with van der Waals surface area (Å²) in [7, 11) is 0. The van der Waals surface area contributed by atoms with Gasteiger partial charge in [0.05, 0.1) is 5.92 Å². The molecule has 1 saturated carbocycles. The summed E-state index contributed by atoms with van der Waals surface area (Å²) >= 11 is 2.03. The topological polar surface area (TPSA) is 87.5 Å². The molecule has 2 atom stereocenters. The van der Waals surface area contributed by atoms with Crippen molar-refractivity contribution in [3.63, 3.8) is 0 Å². The minimum Gasteiger partial charge on any atom is -0.369 e. The van der Waals surface area contributed by atoms with Gasteiger partial charge in [0.15, 0.2) is 0 Å². The number of hydrogen-bond donors (Lipinski definition) is 3. The molecule has 1 aromatic rings. The summed E-state index contributed by atoms with van der Waals surface area (Å²) in [4.78, 5) is 26.1. The number of urea groups is 1. The van der Waals surface area contributed by atoms with Gasteiger partial charge in [-0.05, 0) is 37.0 Å². The van der Waals surface area contributed by atoms with Crippen molar-refractivity contribution in [2.75, 3.05) is 36.5 Å². The number of nitrogens with zero attached hydrogens (tertiary/aromatic N) is 1. The fraction of sp³-hybridized carbons (Fsp3) is 0.579. The Bertz CT molecular complexity index is 616. The van der Waals surface area contributed by atoms with E-state index in [1.165, 1.54) is 30.2 Å². The average Bonchev–Trinajstić information content (AvgIpc) is 3.10. The zero-order valence-electron chi connectivity index (χ0n) is 15.1. The van der Waals surface area contributed by atoms with Crippen LogP contribution in [0.1, 0.15) is 24.8 Å². The first-order chi connectivity index (χ1) is 12.6. The molecule has 0 bridgehead atoms. The van der Waals surface area contributed by atoms with Crippen molar-refractivity contribution in [2.45, 2.75) is 31.7 Å². The summed E-state index contributed by atoms with van der Waals surface area (Å²) in [5.74, 6) is 1.88. The van der Waals surface area contributed by atoms with Gasteiger partial charge >= 0.3 is 6.03 Å². The molecule has 6 nitrogen and oxygen atoms in total. The van der Waals surface area contributed by atoms with E-state index in [1.54, 1.807) is 0 Å². The van der Waals surface area contributed by atoms with Gasteiger partial charge in [-0.2, -0.15) is 11.8 Å². The van der Waals surface area contributed by atoms with Crippen LogP contribution in [0.25, 0.3) is 0 Å². The zero-order chi connectivity index (χ0) is 18.4. The molecule has 1 aliphatic heterocycles. The second-order valence-corrected chi connectivity index (χ2v) is 8.27. The molecule has 3 amide bonds. The lowest BCUT2D eigenvalue weighted by atomic mass is 10.0. The van der Waals surface area contributed by atoms with Crippen LogP contribution in [0.3, 0.4) is 0 Å². The highest BCUT2D eigenvalue weighted by atomic mass is 32.2. The standard InChI is InChI=1S/C19H28N4O2S/c20-18(24)16-2-1-3-17(16)22-19(25)21-15-6-4-14(5-7-15)8-9-23-10-12-26-13-11-23/h4-7,16-17H,1-3,8-13H2,(H2,20,24)(H2,21,22,25)/t16-,17-/m1/s1. The molecule has 7 heteroatoms. The van der Waals surface area contributed by atoms with Crippen molar-refractivity contribution in [3.05, 3.63) is 29.8 Å². The van der Waals surface area contributed by atoms with Crippen molar-refractivity contribution in [1.82, 2.24) is 10.2 Å². The Hall–Kier alpha value is -1.73. The van der Waals surface area contributed by atoms with Gasteiger partial charge in [-0.1, -0.05) is 18.6 Å². The molecule has 2 aliphatic rings. The van der Waals surface area contributed by atoms with Gasteiger partial charge in [0.1, 0.15) is 0 Å². The number of amides is 3. The number of rotatable bonds is 6. The molecule has 0 aromatic heterocycles. The molecule has 0 radical (unpaired) electrons. The number of benzene rings is 1. The quantitative estimate of drug-likeness (QED) is 0.709. The summed E-state index contributed by atoms with van der Waals surface area (Å²) in [5, 5.41) is 5.73. The first-order valence-corrected chi connectivity index (χ1v) is 10.5. The third-order valence-corrected chi connectivity index (χ3v) is 6.17. The fourth-order valence-electron chi connectivity index (χ4n) is 3.68. The number of nitrogens with one attached hydrogen (secondary N) is 2.